The van der Waals surface area contributed by atoms with Gasteiger partial charge >= 0.3 is 0 Å². The van der Waals surface area contributed by atoms with Gasteiger partial charge in [-0.1, -0.05) is 51.5 Å². The van der Waals surface area contributed by atoms with Crippen molar-refractivity contribution in [1.82, 2.24) is 0 Å². The first-order valence-electron chi connectivity index (χ1n) is 6.20. The molecule has 0 aliphatic heterocycles. The molecule has 0 radical (unpaired) electrons. The molecule has 1 rings (SSSR count). The molecule has 4 heteroatoms. The Kier molecular flexibility index (Phi) is 12.4. The number of rotatable bonds is 3. The highest BCUT2D eigenvalue weighted by atomic mass is 19.3. The Morgan fingerprint density at radius 1 is 1.11 bits per heavy atom. The summed E-state index contributed by atoms with van der Waals surface area (Å²) in [6.07, 6.45) is -1.11. The predicted octanol–water partition coefficient (Wildman–Crippen LogP) is 5.26. The van der Waals surface area contributed by atoms with Crippen LogP contribution in [0, 0.1) is 0 Å². The third-order valence-corrected chi connectivity index (χ3v) is 2.22. The molecule has 110 valence electrons. The van der Waals surface area contributed by atoms with Crippen LogP contribution in [-0.2, 0) is 0 Å². The van der Waals surface area contributed by atoms with E-state index in [1.807, 2.05) is 0 Å². The lowest BCUT2D eigenvalue weighted by Crippen LogP contribution is -2.04. The van der Waals surface area contributed by atoms with E-state index in [1.54, 1.807) is 24.3 Å². The van der Waals surface area contributed by atoms with Gasteiger partial charge in [0.25, 0.3) is 0 Å². The van der Waals surface area contributed by atoms with E-state index in [-0.39, 0.29) is 5.78 Å². The highest BCUT2D eigenvalue weighted by Gasteiger charge is 2.16. The Morgan fingerprint density at radius 2 is 1.47 bits per heavy atom. The summed E-state index contributed by atoms with van der Waals surface area (Å²) in [7, 11) is 0.500. The van der Waals surface area contributed by atoms with Crippen LogP contribution < -0.4 is 0 Å². The van der Waals surface area contributed by atoms with Crippen molar-refractivity contribution in [3.8, 4) is 0 Å². The van der Waals surface area contributed by atoms with Crippen molar-refractivity contribution in [2.45, 2.75) is 46.5 Å². The predicted molar refractivity (Wildman–Crippen MR) is 73.9 cm³/mol. The summed E-state index contributed by atoms with van der Waals surface area (Å²) in [5.41, 5.74) is 1.11. The summed E-state index contributed by atoms with van der Waals surface area (Å²) in [4.78, 5) is 10.9. The number of Topliss-reactive ketones (excluding diaryl/α,β-unsaturated/α-hetero) is 1. The number of hydrogen-bond acceptors (Lipinski definition) is 1. The molecule has 0 aliphatic rings. The fourth-order valence-corrected chi connectivity index (χ4v) is 1.17. The van der Waals surface area contributed by atoms with Crippen LogP contribution >= 0.6 is 0 Å². The monoisotopic (exact) mass is 276 g/mol. The maximum absolute atomic E-state index is 12.3. The van der Waals surface area contributed by atoms with Gasteiger partial charge in [0.05, 0.1) is 7.18 Å². The van der Waals surface area contributed by atoms with E-state index >= 15 is 0 Å². The van der Waals surface area contributed by atoms with E-state index < -0.39 is 12.3 Å². The van der Waals surface area contributed by atoms with Gasteiger partial charge in [-0.05, 0) is 12.5 Å². The molecule has 1 nitrogen and oxygen atoms in total. The molecule has 1 unspecified atom stereocenters. The molecule has 0 saturated heterocycles. The van der Waals surface area contributed by atoms with Crippen molar-refractivity contribution in [1.29, 1.82) is 0 Å². The number of ketones is 1. The number of halogens is 3. The number of carbonyl (C=O) groups is 1. The normalized spacial score (nSPS) is 10.8. The van der Waals surface area contributed by atoms with Crippen LogP contribution in [-0.4, -0.2) is 19.4 Å². The third kappa shape index (κ3) is 8.41. The SMILES string of the molecule is CC(=O)c1ccc(C(C)C(F)F)cc1.CCC.CF. The first-order valence-corrected chi connectivity index (χ1v) is 6.20. The van der Waals surface area contributed by atoms with E-state index in [0.717, 1.165) is 0 Å². The number of carbonyl (C=O) groups excluding carboxylic acids is 1. The van der Waals surface area contributed by atoms with Crippen LogP contribution in [0.1, 0.15) is 56.0 Å². The summed E-state index contributed by atoms with van der Waals surface area (Å²) in [6.45, 7) is 7.17. The highest BCUT2D eigenvalue weighted by molar-refractivity contribution is 5.94. The average Bonchev–Trinajstić information content (AvgIpc) is 2.41. The highest BCUT2D eigenvalue weighted by Crippen LogP contribution is 2.22. The topological polar surface area (TPSA) is 17.1 Å². The van der Waals surface area contributed by atoms with Crippen LogP contribution in [0.4, 0.5) is 13.2 Å². The number of benzene rings is 1. The van der Waals surface area contributed by atoms with Gasteiger partial charge in [-0.15, -0.1) is 0 Å². The summed E-state index contributed by atoms with van der Waals surface area (Å²) in [5, 5.41) is 0. The summed E-state index contributed by atoms with van der Waals surface area (Å²) in [5.74, 6) is -0.836. The Bertz CT molecular complexity index is 334. The van der Waals surface area contributed by atoms with Crippen molar-refractivity contribution < 1.29 is 18.0 Å². The average molecular weight is 276 g/mol. The van der Waals surface area contributed by atoms with Crippen LogP contribution in [0.15, 0.2) is 24.3 Å². The first-order chi connectivity index (χ1) is 8.93. The third-order valence-electron chi connectivity index (χ3n) is 2.22. The Morgan fingerprint density at radius 3 is 1.74 bits per heavy atom. The molecule has 0 aliphatic carbocycles. The molecule has 1 aromatic carbocycles. The van der Waals surface area contributed by atoms with E-state index in [1.165, 1.54) is 20.3 Å². The molecule has 1 aromatic rings. The van der Waals surface area contributed by atoms with Crippen molar-refractivity contribution >= 4 is 5.78 Å². The van der Waals surface area contributed by atoms with Crippen LogP contribution in [0.2, 0.25) is 0 Å². The van der Waals surface area contributed by atoms with Gasteiger partial charge in [-0.25, -0.2) is 8.78 Å². The van der Waals surface area contributed by atoms with Crippen molar-refractivity contribution in [2.75, 3.05) is 7.18 Å². The van der Waals surface area contributed by atoms with Gasteiger partial charge in [-0.2, -0.15) is 0 Å². The second-order valence-electron chi connectivity index (χ2n) is 4.01. The van der Waals surface area contributed by atoms with Gasteiger partial charge in [0.15, 0.2) is 5.78 Å². The molecule has 0 fully saturated rings. The molecule has 0 N–H and O–H groups in total. The molecule has 0 saturated carbocycles. The van der Waals surface area contributed by atoms with E-state index in [0.29, 0.717) is 18.3 Å². The fourth-order valence-electron chi connectivity index (χ4n) is 1.17. The second kappa shape index (κ2) is 11.8. The van der Waals surface area contributed by atoms with Crippen LogP contribution in [0.25, 0.3) is 0 Å². The minimum atomic E-state index is -2.36. The standard InChI is InChI=1S/C11H12F2O.C3H8.CH3F/c1-7(11(12)13)9-3-5-10(6-4-9)8(2)14;1-3-2;1-2/h3-7,11H,1-2H3;3H2,1-2H3;1H3. The van der Waals surface area contributed by atoms with Crippen molar-refractivity contribution in [3.05, 3.63) is 35.4 Å². The number of alkyl halides is 3. The molecule has 0 spiro atoms. The lowest BCUT2D eigenvalue weighted by molar-refractivity contribution is 0.101. The van der Waals surface area contributed by atoms with Crippen molar-refractivity contribution in [3.63, 3.8) is 0 Å². The zero-order chi connectivity index (χ0) is 15.4. The summed E-state index contributed by atoms with van der Waals surface area (Å²) in [6, 6.07) is 6.31. The van der Waals surface area contributed by atoms with Gasteiger partial charge in [0.2, 0.25) is 6.43 Å². The molecule has 1 atom stereocenters. The van der Waals surface area contributed by atoms with Gasteiger partial charge < -0.3 is 0 Å². The van der Waals surface area contributed by atoms with Crippen LogP contribution in [0.3, 0.4) is 0 Å². The molecule has 0 heterocycles. The summed E-state index contributed by atoms with van der Waals surface area (Å²) < 4.78 is 34.1. The first kappa shape index (κ1) is 20.0. The fraction of sp³-hybridized carbons (Fsp3) is 0.533. The largest absolute Gasteiger partial charge is 0.295 e. The Hall–Kier alpha value is -1.32. The zero-order valence-corrected chi connectivity index (χ0v) is 12.2. The zero-order valence-electron chi connectivity index (χ0n) is 12.2. The van der Waals surface area contributed by atoms with E-state index in [4.69, 9.17) is 0 Å². The molecule has 0 bridgehead atoms. The minimum absolute atomic E-state index is 0.0544. The Balaban J connectivity index is 0. The number of hydrogen-bond donors (Lipinski definition) is 0. The lowest BCUT2D eigenvalue weighted by Gasteiger charge is -2.10. The Labute approximate surface area is 113 Å². The molecule has 0 aromatic heterocycles. The molecular weight excluding hydrogens is 253 g/mol. The summed E-state index contributed by atoms with van der Waals surface area (Å²) >= 11 is 0. The molecule has 19 heavy (non-hydrogen) atoms. The lowest BCUT2D eigenvalue weighted by atomic mass is 9.99. The van der Waals surface area contributed by atoms with E-state index in [2.05, 4.69) is 13.8 Å². The van der Waals surface area contributed by atoms with Gasteiger partial charge in [0, 0.05) is 11.5 Å². The smallest absolute Gasteiger partial charge is 0.245 e. The maximum atomic E-state index is 12.3. The second-order valence-corrected chi connectivity index (χ2v) is 4.01. The van der Waals surface area contributed by atoms with Gasteiger partial charge in [-0.3, -0.25) is 9.18 Å². The van der Waals surface area contributed by atoms with Crippen molar-refractivity contribution in [2.24, 2.45) is 0 Å². The molecule has 0 amide bonds. The van der Waals surface area contributed by atoms with E-state index in [9.17, 15) is 18.0 Å². The quantitative estimate of drug-likeness (QED) is 0.688. The van der Waals surface area contributed by atoms with Crippen LogP contribution in [0.5, 0.6) is 0 Å². The maximum Gasteiger partial charge on any atom is 0.245 e. The minimum Gasteiger partial charge on any atom is -0.295 e. The molecular formula is C15H23F3O. The van der Waals surface area contributed by atoms with Gasteiger partial charge in [0.1, 0.15) is 0 Å².